The highest BCUT2D eigenvalue weighted by atomic mass is 35.5. The van der Waals surface area contributed by atoms with Gasteiger partial charge < -0.3 is 10.1 Å². The zero-order valence-electron chi connectivity index (χ0n) is 12.9. The summed E-state index contributed by atoms with van der Waals surface area (Å²) in [5.74, 6) is -0.466. The van der Waals surface area contributed by atoms with E-state index in [1.165, 1.54) is 24.4 Å². The van der Waals surface area contributed by atoms with Crippen LogP contribution in [-0.4, -0.2) is 17.3 Å². The van der Waals surface area contributed by atoms with Crippen molar-refractivity contribution in [3.63, 3.8) is 0 Å². The summed E-state index contributed by atoms with van der Waals surface area (Å²) in [7, 11) is 0. The van der Waals surface area contributed by atoms with Crippen molar-refractivity contribution in [1.82, 2.24) is 4.98 Å². The Morgan fingerprint density at radius 1 is 1.24 bits per heavy atom. The number of nitrogens with one attached hydrogen (secondary N) is 1. The molecule has 1 N–H and O–H groups in total. The van der Waals surface area contributed by atoms with Gasteiger partial charge >= 0.3 is 6.36 Å². The van der Waals surface area contributed by atoms with E-state index in [-0.39, 0.29) is 17.5 Å². The number of carbonyl (C=O) groups excluding carboxylic acids is 1. The molecular weight excluding hydrogens is 357 g/mol. The normalized spacial score (nSPS) is 16.0. The van der Waals surface area contributed by atoms with Gasteiger partial charge in [-0.05, 0) is 42.7 Å². The third-order valence-electron chi connectivity index (χ3n) is 4.25. The van der Waals surface area contributed by atoms with Gasteiger partial charge in [-0.15, -0.1) is 13.2 Å². The highest BCUT2D eigenvalue weighted by Gasteiger charge is 2.46. The highest BCUT2D eigenvalue weighted by Crippen LogP contribution is 2.45. The van der Waals surface area contributed by atoms with Crippen molar-refractivity contribution in [2.75, 3.05) is 5.32 Å². The molecular formula is C17H14ClF3N2O2. The van der Waals surface area contributed by atoms with Gasteiger partial charge in [0.2, 0.25) is 5.91 Å². The molecule has 0 spiro atoms. The Morgan fingerprint density at radius 3 is 2.60 bits per heavy atom. The lowest BCUT2D eigenvalue weighted by Gasteiger charge is -2.40. The third-order valence-corrected chi connectivity index (χ3v) is 4.56. The van der Waals surface area contributed by atoms with Gasteiger partial charge in [-0.1, -0.05) is 30.2 Å². The Labute approximate surface area is 147 Å². The van der Waals surface area contributed by atoms with E-state index in [9.17, 15) is 18.0 Å². The van der Waals surface area contributed by atoms with Crippen LogP contribution >= 0.6 is 11.6 Å². The predicted octanol–water partition coefficient (Wildman–Crippen LogP) is 4.69. The minimum absolute atomic E-state index is 0.225. The summed E-state index contributed by atoms with van der Waals surface area (Å²) in [5, 5.41) is 2.97. The molecule has 132 valence electrons. The topological polar surface area (TPSA) is 51.2 Å². The molecule has 0 radical (unpaired) electrons. The predicted molar refractivity (Wildman–Crippen MR) is 86.5 cm³/mol. The van der Waals surface area contributed by atoms with Gasteiger partial charge in [-0.2, -0.15) is 0 Å². The number of nitrogens with zero attached hydrogens (tertiary/aromatic N) is 1. The maximum atomic E-state index is 12.8. The number of pyridine rings is 1. The molecule has 8 heteroatoms. The van der Waals surface area contributed by atoms with Crippen LogP contribution in [0.1, 0.15) is 24.8 Å². The maximum absolute atomic E-state index is 12.8. The summed E-state index contributed by atoms with van der Waals surface area (Å²) in [5.41, 5.74) is -0.434. The lowest BCUT2D eigenvalue weighted by atomic mass is 9.63. The van der Waals surface area contributed by atoms with Crippen molar-refractivity contribution in [2.45, 2.75) is 31.0 Å². The number of ether oxygens (including phenoxy) is 1. The molecule has 0 atom stereocenters. The fourth-order valence-electron chi connectivity index (χ4n) is 2.87. The van der Waals surface area contributed by atoms with Crippen molar-refractivity contribution in [1.29, 1.82) is 0 Å². The molecule has 1 fully saturated rings. The highest BCUT2D eigenvalue weighted by molar-refractivity contribution is 6.33. The molecule has 1 aromatic carbocycles. The fourth-order valence-corrected chi connectivity index (χ4v) is 3.04. The molecule has 1 heterocycles. The number of hydrogen-bond acceptors (Lipinski definition) is 3. The zero-order chi connectivity index (χ0) is 18.1. The standard InChI is InChI=1S/C17H14ClF3N2O2/c18-13-6-2-9-22-14(13)23-15(24)16(7-3-8-16)11-4-1-5-12(10-11)25-17(19,20)21/h1-2,4-6,9-10H,3,7-8H2,(H,22,23,24). The number of halogens is 4. The van der Waals surface area contributed by atoms with E-state index < -0.39 is 11.8 Å². The zero-order valence-corrected chi connectivity index (χ0v) is 13.7. The van der Waals surface area contributed by atoms with Crippen LogP contribution in [0.2, 0.25) is 5.02 Å². The number of anilines is 1. The van der Waals surface area contributed by atoms with Crippen LogP contribution in [0.3, 0.4) is 0 Å². The van der Waals surface area contributed by atoms with E-state index in [4.69, 9.17) is 11.6 Å². The van der Waals surface area contributed by atoms with Crippen molar-refractivity contribution in [2.24, 2.45) is 0 Å². The van der Waals surface area contributed by atoms with Crippen LogP contribution in [-0.2, 0) is 10.2 Å². The first-order valence-electron chi connectivity index (χ1n) is 7.58. The second-order valence-electron chi connectivity index (χ2n) is 5.80. The maximum Gasteiger partial charge on any atom is 0.573 e. The Hall–Kier alpha value is -2.28. The van der Waals surface area contributed by atoms with E-state index in [0.29, 0.717) is 23.4 Å². The summed E-state index contributed by atoms with van der Waals surface area (Å²) < 4.78 is 41.3. The van der Waals surface area contributed by atoms with Gasteiger partial charge in [0.25, 0.3) is 0 Å². The van der Waals surface area contributed by atoms with Crippen LogP contribution in [0.4, 0.5) is 19.0 Å². The lowest BCUT2D eigenvalue weighted by Crippen LogP contribution is -2.46. The number of alkyl halides is 3. The van der Waals surface area contributed by atoms with E-state index in [1.807, 2.05) is 0 Å². The smallest absolute Gasteiger partial charge is 0.406 e. The Morgan fingerprint density at radius 2 is 2.00 bits per heavy atom. The summed E-state index contributed by atoms with van der Waals surface area (Å²) in [6, 6.07) is 8.76. The van der Waals surface area contributed by atoms with Gasteiger partial charge in [-0.3, -0.25) is 4.79 Å². The molecule has 3 rings (SSSR count). The average molecular weight is 371 g/mol. The molecule has 0 aliphatic heterocycles. The van der Waals surface area contributed by atoms with E-state index in [2.05, 4.69) is 15.0 Å². The molecule has 25 heavy (non-hydrogen) atoms. The first-order chi connectivity index (χ1) is 11.8. The molecule has 1 amide bonds. The minimum Gasteiger partial charge on any atom is -0.406 e. The van der Waals surface area contributed by atoms with Crippen molar-refractivity contribution >= 4 is 23.3 Å². The van der Waals surface area contributed by atoms with E-state index in [0.717, 1.165) is 6.42 Å². The first kappa shape index (κ1) is 17.5. The number of rotatable bonds is 4. The lowest BCUT2D eigenvalue weighted by molar-refractivity contribution is -0.274. The number of aromatic nitrogens is 1. The van der Waals surface area contributed by atoms with E-state index in [1.54, 1.807) is 18.2 Å². The summed E-state index contributed by atoms with van der Waals surface area (Å²) in [4.78, 5) is 16.8. The van der Waals surface area contributed by atoms with Gasteiger partial charge in [0.05, 0.1) is 10.4 Å². The summed E-state index contributed by atoms with van der Waals surface area (Å²) >= 11 is 6.00. The van der Waals surface area contributed by atoms with Crippen molar-refractivity contribution in [3.05, 3.63) is 53.2 Å². The molecule has 1 saturated carbocycles. The second-order valence-corrected chi connectivity index (χ2v) is 6.21. The Bertz CT molecular complexity index is 791. The summed E-state index contributed by atoms with van der Waals surface area (Å²) in [6.07, 6.45) is -1.44. The van der Waals surface area contributed by atoms with E-state index >= 15 is 0 Å². The van der Waals surface area contributed by atoms with Gasteiger partial charge in [0, 0.05) is 6.20 Å². The average Bonchev–Trinajstić information content (AvgIpc) is 2.47. The van der Waals surface area contributed by atoms with Crippen molar-refractivity contribution in [3.8, 4) is 5.75 Å². The number of carbonyl (C=O) groups is 1. The fraction of sp³-hybridized carbons (Fsp3) is 0.294. The Balaban J connectivity index is 1.87. The van der Waals surface area contributed by atoms with Crippen molar-refractivity contribution < 1.29 is 22.7 Å². The first-order valence-corrected chi connectivity index (χ1v) is 7.96. The van der Waals surface area contributed by atoms with Crippen LogP contribution < -0.4 is 10.1 Å². The van der Waals surface area contributed by atoms with Gasteiger partial charge in [0.1, 0.15) is 5.75 Å². The van der Waals surface area contributed by atoms with Crippen LogP contribution in [0.15, 0.2) is 42.6 Å². The quantitative estimate of drug-likeness (QED) is 0.849. The van der Waals surface area contributed by atoms with Crippen LogP contribution in [0.25, 0.3) is 0 Å². The van der Waals surface area contributed by atoms with Crippen LogP contribution in [0.5, 0.6) is 5.75 Å². The molecule has 0 bridgehead atoms. The molecule has 0 unspecified atom stereocenters. The summed E-state index contributed by atoms with van der Waals surface area (Å²) in [6.45, 7) is 0. The third kappa shape index (κ3) is 3.71. The van der Waals surface area contributed by atoms with Crippen LogP contribution in [0, 0.1) is 0 Å². The number of benzene rings is 1. The molecule has 1 aliphatic rings. The largest absolute Gasteiger partial charge is 0.573 e. The SMILES string of the molecule is O=C(Nc1ncccc1Cl)C1(c2cccc(OC(F)(F)F)c2)CCC1. The molecule has 2 aromatic rings. The molecule has 1 aromatic heterocycles. The minimum atomic E-state index is -4.78. The second kappa shape index (κ2) is 6.55. The van der Waals surface area contributed by atoms with Gasteiger partial charge in [-0.25, -0.2) is 4.98 Å². The Kier molecular flexibility index (Phi) is 4.60. The molecule has 4 nitrogen and oxygen atoms in total. The monoisotopic (exact) mass is 370 g/mol. The molecule has 0 saturated heterocycles. The van der Waals surface area contributed by atoms with Gasteiger partial charge in [0.15, 0.2) is 5.82 Å². The molecule has 1 aliphatic carbocycles. The number of amides is 1. The number of hydrogen-bond donors (Lipinski definition) is 1.